The average molecular weight is 415 g/mol. The summed E-state index contributed by atoms with van der Waals surface area (Å²) in [6, 6.07) is 20.4. The minimum atomic E-state index is -0.0790. The molecule has 0 aliphatic heterocycles. The first kappa shape index (κ1) is 21.6. The van der Waals surface area contributed by atoms with Crippen LogP contribution >= 0.6 is 0 Å². The van der Waals surface area contributed by atoms with Gasteiger partial charge in [0.2, 0.25) is 0 Å². The van der Waals surface area contributed by atoms with Gasteiger partial charge in [-0.15, -0.1) is 0 Å². The summed E-state index contributed by atoms with van der Waals surface area (Å²) in [5.74, 6) is -0.0790. The number of carbonyl (C=O) groups is 1. The fourth-order valence-corrected chi connectivity index (χ4v) is 4.94. The zero-order valence-electron chi connectivity index (χ0n) is 18.8. The number of ether oxygens (including phenoxy) is 1. The Morgan fingerprint density at radius 2 is 1.19 bits per heavy atom. The summed E-state index contributed by atoms with van der Waals surface area (Å²) >= 11 is 0. The predicted octanol–water partition coefficient (Wildman–Crippen LogP) is 8.20. The van der Waals surface area contributed by atoms with E-state index in [1.807, 2.05) is 0 Å². The first-order valence-corrected chi connectivity index (χ1v) is 12.0. The largest absolute Gasteiger partial charge is 0.469 e. The van der Waals surface area contributed by atoms with Gasteiger partial charge in [0.15, 0.2) is 0 Å². The van der Waals surface area contributed by atoms with Gasteiger partial charge in [-0.25, -0.2) is 0 Å². The molecule has 0 aliphatic carbocycles. The zero-order chi connectivity index (χ0) is 21.5. The summed E-state index contributed by atoms with van der Waals surface area (Å²) in [5, 5.41) is 8.35. The van der Waals surface area contributed by atoms with Crippen LogP contribution in [0.1, 0.15) is 69.8 Å². The summed E-state index contributed by atoms with van der Waals surface area (Å²) in [5.41, 5.74) is 1.50. The first-order valence-electron chi connectivity index (χ1n) is 12.0. The van der Waals surface area contributed by atoms with E-state index >= 15 is 0 Å². The molecule has 31 heavy (non-hydrogen) atoms. The van der Waals surface area contributed by atoms with Crippen molar-refractivity contribution >= 4 is 38.3 Å². The van der Waals surface area contributed by atoms with Crippen molar-refractivity contribution in [3.8, 4) is 0 Å². The summed E-state index contributed by atoms with van der Waals surface area (Å²) < 4.78 is 4.68. The number of methoxy groups -OCH3 is 1. The lowest BCUT2D eigenvalue weighted by atomic mass is 9.90. The van der Waals surface area contributed by atoms with Crippen molar-refractivity contribution in [3.05, 3.63) is 60.2 Å². The molecule has 0 spiro atoms. The Bertz CT molecular complexity index is 1110. The number of rotatable bonds is 12. The maximum Gasteiger partial charge on any atom is 0.305 e. The molecule has 0 amide bonds. The zero-order valence-corrected chi connectivity index (χ0v) is 18.8. The molecule has 0 radical (unpaired) electrons. The lowest BCUT2D eigenvalue weighted by molar-refractivity contribution is -0.140. The molecule has 0 atom stereocenters. The summed E-state index contributed by atoms with van der Waals surface area (Å²) in [7, 11) is 1.46. The van der Waals surface area contributed by atoms with Gasteiger partial charge >= 0.3 is 5.97 Å². The van der Waals surface area contributed by atoms with Crippen molar-refractivity contribution in [2.45, 2.75) is 70.6 Å². The molecule has 4 rings (SSSR count). The Morgan fingerprint density at radius 3 is 1.87 bits per heavy atom. The van der Waals surface area contributed by atoms with Gasteiger partial charge in [-0.3, -0.25) is 4.79 Å². The Hall–Kier alpha value is -2.61. The second-order valence-electron chi connectivity index (χ2n) is 8.84. The molecule has 0 heterocycles. The Kier molecular flexibility index (Phi) is 7.40. The van der Waals surface area contributed by atoms with E-state index in [-0.39, 0.29) is 5.97 Å². The van der Waals surface area contributed by atoms with Gasteiger partial charge < -0.3 is 4.74 Å². The van der Waals surface area contributed by atoms with Gasteiger partial charge in [0, 0.05) is 6.42 Å². The second kappa shape index (κ2) is 10.6. The second-order valence-corrected chi connectivity index (χ2v) is 8.84. The van der Waals surface area contributed by atoms with Gasteiger partial charge in [0.05, 0.1) is 7.11 Å². The standard InChI is InChI=1S/C29H34O2/c1-31-27(30)15-10-8-6-4-2-3-5-7-9-12-22-16-17-25-19-18-23-13-11-14-24-20-21-26(22)29(25)28(23)24/h11,13-14,16-21H,2-10,12,15H2,1H3. The third-order valence-electron chi connectivity index (χ3n) is 6.67. The topological polar surface area (TPSA) is 26.3 Å². The average Bonchev–Trinajstić information content (AvgIpc) is 2.81. The molecule has 0 N–H and O–H groups in total. The fourth-order valence-electron chi connectivity index (χ4n) is 4.94. The van der Waals surface area contributed by atoms with Crippen molar-refractivity contribution < 1.29 is 9.53 Å². The molecule has 0 bridgehead atoms. The number of carbonyl (C=O) groups excluding carboxylic acids is 1. The van der Waals surface area contributed by atoms with E-state index in [2.05, 4.69) is 59.3 Å². The number of unbranched alkanes of at least 4 members (excludes halogenated alkanes) is 8. The highest BCUT2D eigenvalue weighted by Gasteiger charge is 2.10. The smallest absolute Gasteiger partial charge is 0.305 e. The Balaban J connectivity index is 1.23. The molecule has 0 aromatic heterocycles. The lowest BCUT2D eigenvalue weighted by Gasteiger charge is -2.14. The SMILES string of the molecule is COC(=O)CCCCCCCCCCCc1ccc2ccc3cccc4ccc1c2c34. The molecule has 2 heteroatoms. The van der Waals surface area contributed by atoms with E-state index in [4.69, 9.17) is 0 Å². The van der Waals surface area contributed by atoms with E-state index in [9.17, 15) is 4.79 Å². The summed E-state index contributed by atoms with van der Waals surface area (Å²) in [6.45, 7) is 0. The summed E-state index contributed by atoms with van der Waals surface area (Å²) in [6.07, 6.45) is 12.9. The van der Waals surface area contributed by atoms with Crippen molar-refractivity contribution in [2.24, 2.45) is 0 Å². The number of hydrogen-bond donors (Lipinski definition) is 0. The minimum absolute atomic E-state index is 0.0790. The van der Waals surface area contributed by atoms with E-state index in [0.29, 0.717) is 6.42 Å². The number of esters is 1. The van der Waals surface area contributed by atoms with Crippen LogP contribution in [-0.4, -0.2) is 13.1 Å². The number of benzene rings is 4. The molecular weight excluding hydrogens is 380 g/mol. The van der Waals surface area contributed by atoms with Gasteiger partial charge in [0.25, 0.3) is 0 Å². The van der Waals surface area contributed by atoms with E-state index in [1.54, 1.807) is 0 Å². The van der Waals surface area contributed by atoms with Crippen LogP contribution in [0.5, 0.6) is 0 Å². The molecule has 0 aliphatic rings. The molecule has 162 valence electrons. The minimum Gasteiger partial charge on any atom is -0.469 e. The van der Waals surface area contributed by atoms with E-state index in [0.717, 1.165) is 12.8 Å². The van der Waals surface area contributed by atoms with Crippen LogP contribution in [0.2, 0.25) is 0 Å². The summed E-state index contributed by atoms with van der Waals surface area (Å²) in [4.78, 5) is 11.1. The molecule has 0 saturated carbocycles. The molecule has 4 aromatic rings. The van der Waals surface area contributed by atoms with Crippen molar-refractivity contribution in [2.75, 3.05) is 7.11 Å². The maximum atomic E-state index is 11.1. The fraction of sp³-hybridized carbons (Fsp3) is 0.414. The van der Waals surface area contributed by atoms with Crippen LogP contribution < -0.4 is 0 Å². The highest BCUT2D eigenvalue weighted by atomic mass is 16.5. The van der Waals surface area contributed by atoms with Crippen LogP contribution in [0.15, 0.2) is 54.6 Å². The van der Waals surface area contributed by atoms with Gasteiger partial charge in [-0.05, 0) is 57.1 Å². The molecule has 0 fully saturated rings. The number of aryl methyl sites for hydroxylation is 1. The van der Waals surface area contributed by atoms with Crippen molar-refractivity contribution in [1.29, 1.82) is 0 Å². The predicted molar refractivity (Wildman–Crippen MR) is 132 cm³/mol. The van der Waals surface area contributed by atoms with Crippen molar-refractivity contribution in [3.63, 3.8) is 0 Å². The van der Waals surface area contributed by atoms with Crippen LogP contribution in [0, 0.1) is 0 Å². The molecule has 4 aromatic carbocycles. The van der Waals surface area contributed by atoms with E-state index in [1.165, 1.54) is 96.4 Å². The van der Waals surface area contributed by atoms with Crippen LogP contribution in [-0.2, 0) is 16.0 Å². The third-order valence-corrected chi connectivity index (χ3v) is 6.67. The lowest BCUT2D eigenvalue weighted by Crippen LogP contribution is -1.99. The number of hydrogen-bond acceptors (Lipinski definition) is 2. The Morgan fingerprint density at radius 1 is 0.645 bits per heavy atom. The van der Waals surface area contributed by atoms with Gasteiger partial charge in [-0.1, -0.05) is 99.5 Å². The van der Waals surface area contributed by atoms with E-state index < -0.39 is 0 Å². The highest BCUT2D eigenvalue weighted by molar-refractivity contribution is 6.23. The maximum absolute atomic E-state index is 11.1. The Labute approximate surface area is 185 Å². The normalized spacial score (nSPS) is 11.6. The molecule has 0 saturated heterocycles. The highest BCUT2D eigenvalue weighted by Crippen LogP contribution is 2.36. The van der Waals surface area contributed by atoms with Gasteiger partial charge in [0.1, 0.15) is 0 Å². The van der Waals surface area contributed by atoms with Crippen LogP contribution in [0.25, 0.3) is 32.3 Å². The van der Waals surface area contributed by atoms with Crippen LogP contribution in [0.4, 0.5) is 0 Å². The molecule has 0 unspecified atom stereocenters. The quantitative estimate of drug-likeness (QED) is 0.133. The molecular formula is C29H34O2. The van der Waals surface area contributed by atoms with Crippen LogP contribution in [0.3, 0.4) is 0 Å². The third kappa shape index (κ3) is 5.18. The van der Waals surface area contributed by atoms with Gasteiger partial charge in [-0.2, -0.15) is 0 Å². The first-order chi connectivity index (χ1) is 15.3. The molecule has 2 nitrogen and oxygen atoms in total. The van der Waals surface area contributed by atoms with Crippen molar-refractivity contribution in [1.82, 2.24) is 0 Å². The monoisotopic (exact) mass is 414 g/mol.